The first kappa shape index (κ1) is 18.9. The average Bonchev–Trinajstić information content (AvgIpc) is 3.04. The third-order valence-electron chi connectivity index (χ3n) is 5.86. The molecule has 6 heteroatoms. The number of amides is 1. The van der Waals surface area contributed by atoms with Crippen molar-refractivity contribution in [3.63, 3.8) is 0 Å². The molecule has 4 nitrogen and oxygen atoms in total. The zero-order valence-electron chi connectivity index (χ0n) is 13.8. The van der Waals surface area contributed by atoms with E-state index < -0.39 is 0 Å². The summed E-state index contributed by atoms with van der Waals surface area (Å²) < 4.78 is 0. The van der Waals surface area contributed by atoms with Gasteiger partial charge in [-0.3, -0.25) is 4.79 Å². The van der Waals surface area contributed by atoms with E-state index in [4.69, 9.17) is 5.26 Å². The molecule has 3 rings (SSSR count). The highest BCUT2D eigenvalue weighted by Gasteiger charge is 2.36. The number of carbonyl (C=O) groups is 1. The molecule has 0 aromatic heterocycles. The van der Waals surface area contributed by atoms with Gasteiger partial charge in [-0.15, -0.1) is 12.4 Å². The Balaban J connectivity index is 0.00000192. The van der Waals surface area contributed by atoms with Crippen molar-refractivity contribution in [2.24, 2.45) is 5.41 Å². The van der Waals surface area contributed by atoms with Gasteiger partial charge in [-0.05, 0) is 68.3 Å². The van der Waals surface area contributed by atoms with Crippen LogP contribution in [0.4, 0.5) is 0 Å². The first-order chi connectivity index (χ1) is 10.7. The number of halogens is 1. The van der Waals surface area contributed by atoms with Crippen molar-refractivity contribution in [2.75, 3.05) is 24.6 Å². The number of nitriles is 1. The Bertz CT molecular complexity index is 438. The summed E-state index contributed by atoms with van der Waals surface area (Å²) >= 11 is 2.10. The molecule has 3 aliphatic rings. The molecule has 2 heterocycles. The van der Waals surface area contributed by atoms with Crippen LogP contribution in [0.2, 0.25) is 0 Å². The van der Waals surface area contributed by atoms with Crippen LogP contribution in [0.5, 0.6) is 0 Å². The van der Waals surface area contributed by atoms with Crippen LogP contribution in [0.1, 0.15) is 51.4 Å². The minimum atomic E-state index is -0.191. The van der Waals surface area contributed by atoms with Gasteiger partial charge in [0, 0.05) is 12.6 Å². The molecule has 2 aliphatic heterocycles. The molecule has 1 N–H and O–H groups in total. The molecule has 23 heavy (non-hydrogen) atoms. The molecule has 130 valence electrons. The van der Waals surface area contributed by atoms with Gasteiger partial charge in [0.15, 0.2) is 0 Å². The molecule has 1 atom stereocenters. The van der Waals surface area contributed by atoms with Crippen LogP contribution in [0, 0.1) is 16.7 Å². The van der Waals surface area contributed by atoms with Crippen molar-refractivity contribution in [2.45, 2.75) is 63.5 Å². The van der Waals surface area contributed by atoms with E-state index in [1.807, 2.05) is 0 Å². The lowest BCUT2D eigenvalue weighted by Gasteiger charge is -2.43. The lowest BCUT2D eigenvalue weighted by Crippen LogP contribution is -2.45. The van der Waals surface area contributed by atoms with E-state index in [0.717, 1.165) is 19.4 Å². The van der Waals surface area contributed by atoms with Gasteiger partial charge < -0.3 is 10.2 Å². The fraction of sp³-hybridized carbons (Fsp3) is 0.882. The summed E-state index contributed by atoms with van der Waals surface area (Å²) in [6.45, 7) is 1.16. The minimum absolute atomic E-state index is 0. The van der Waals surface area contributed by atoms with Gasteiger partial charge >= 0.3 is 0 Å². The molecule has 1 aliphatic carbocycles. The molecule has 1 saturated carbocycles. The minimum Gasteiger partial charge on any atom is -0.326 e. The molecule has 3 fully saturated rings. The Morgan fingerprint density at radius 1 is 1.22 bits per heavy atom. The summed E-state index contributed by atoms with van der Waals surface area (Å²) in [6, 6.07) is 2.55. The van der Waals surface area contributed by atoms with Crippen LogP contribution < -0.4 is 5.32 Å². The van der Waals surface area contributed by atoms with Crippen molar-refractivity contribution in [1.29, 1.82) is 5.26 Å². The second-order valence-electron chi connectivity index (χ2n) is 7.14. The Morgan fingerprint density at radius 2 is 1.91 bits per heavy atom. The number of nitrogens with zero attached hydrogens (tertiary/aromatic N) is 2. The molecule has 0 aromatic rings. The molecule has 1 amide bonds. The van der Waals surface area contributed by atoms with Crippen molar-refractivity contribution in [1.82, 2.24) is 10.2 Å². The van der Waals surface area contributed by atoms with Gasteiger partial charge in [-0.25, -0.2) is 0 Å². The third kappa shape index (κ3) is 4.55. The predicted molar refractivity (Wildman–Crippen MR) is 96.8 cm³/mol. The van der Waals surface area contributed by atoms with E-state index in [9.17, 15) is 4.79 Å². The summed E-state index contributed by atoms with van der Waals surface area (Å²) in [5.74, 6) is 2.78. The Morgan fingerprint density at radius 3 is 2.57 bits per heavy atom. The van der Waals surface area contributed by atoms with Crippen LogP contribution in [0.15, 0.2) is 0 Å². The second kappa shape index (κ2) is 8.60. The number of nitrogens with one attached hydrogen (secondary N) is 1. The van der Waals surface area contributed by atoms with E-state index in [0.29, 0.717) is 18.0 Å². The predicted octanol–water partition coefficient (Wildman–Crippen LogP) is 2.97. The summed E-state index contributed by atoms with van der Waals surface area (Å²) in [6.07, 6.45) is 9.65. The van der Waals surface area contributed by atoms with Gasteiger partial charge in [0.25, 0.3) is 0 Å². The summed E-state index contributed by atoms with van der Waals surface area (Å²) in [5.41, 5.74) is 0.619. The fourth-order valence-electron chi connectivity index (χ4n) is 4.27. The molecular formula is C17H28ClN3OS. The zero-order valence-corrected chi connectivity index (χ0v) is 15.4. The van der Waals surface area contributed by atoms with E-state index >= 15 is 0 Å². The maximum atomic E-state index is 12.3. The maximum absolute atomic E-state index is 12.3. The number of carbonyl (C=O) groups excluding carboxylic acids is 1. The topological polar surface area (TPSA) is 56.1 Å². The van der Waals surface area contributed by atoms with E-state index in [2.05, 4.69) is 23.1 Å². The summed E-state index contributed by atoms with van der Waals surface area (Å²) in [4.78, 5) is 14.0. The molecule has 0 unspecified atom stereocenters. The standard InChI is InChI=1S/C17H27N3OS.ClH/c18-12-15-2-1-9-20(15)16(21)13-19-14-3-5-17(6-4-14)7-10-22-11-8-17;/h14-15,19H,1-11,13H2;1H/t15-;/m0./s1. The van der Waals surface area contributed by atoms with E-state index in [-0.39, 0.29) is 24.4 Å². The molecule has 0 radical (unpaired) electrons. The summed E-state index contributed by atoms with van der Waals surface area (Å²) in [7, 11) is 0. The van der Waals surface area contributed by atoms with Crippen LogP contribution in [-0.2, 0) is 4.79 Å². The first-order valence-corrected chi connectivity index (χ1v) is 9.88. The average molecular weight is 358 g/mol. The van der Waals surface area contributed by atoms with Gasteiger partial charge in [0.2, 0.25) is 5.91 Å². The fourth-order valence-corrected chi connectivity index (χ4v) is 5.63. The van der Waals surface area contributed by atoms with Gasteiger partial charge in [0.1, 0.15) is 6.04 Å². The normalized spacial score (nSPS) is 27.4. The highest BCUT2D eigenvalue weighted by Crippen LogP contribution is 2.46. The van der Waals surface area contributed by atoms with Gasteiger partial charge in [-0.2, -0.15) is 17.0 Å². The third-order valence-corrected chi connectivity index (χ3v) is 6.85. The monoisotopic (exact) mass is 357 g/mol. The van der Waals surface area contributed by atoms with Crippen molar-refractivity contribution in [3.05, 3.63) is 0 Å². The van der Waals surface area contributed by atoms with Crippen LogP contribution >= 0.6 is 24.2 Å². The van der Waals surface area contributed by atoms with Crippen molar-refractivity contribution >= 4 is 30.1 Å². The number of rotatable bonds is 3. The molecule has 0 bridgehead atoms. The quantitative estimate of drug-likeness (QED) is 0.843. The largest absolute Gasteiger partial charge is 0.326 e. The number of hydrogen-bond donors (Lipinski definition) is 1. The number of thioether (sulfide) groups is 1. The first-order valence-electron chi connectivity index (χ1n) is 8.73. The zero-order chi connectivity index (χ0) is 15.4. The van der Waals surface area contributed by atoms with Gasteiger partial charge in [-0.1, -0.05) is 0 Å². The number of hydrogen-bond acceptors (Lipinski definition) is 4. The second-order valence-corrected chi connectivity index (χ2v) is 8.37. The lowest BCUT2D eigenvalue weighted by atomic mass is 9.69. The highest BCUT2D eigenvalue weighted by molar-refractivity contribution is 7.99. The maximum Gasteiger partial charge on any atom is 0.237 e. The van der Waals surface area contributed by atoms with Gasteiger partial charge in [0.05, 0.1) is 12.6 Å². The molecule has 1 spiro atoms. The molecule has 0 aromatic carbocycles. The number of likely N-dealkylation sites (tertiary alicyclic amines) is 1. The van der Waals surface area contributed by atoms with Crippen LogP contribution in [0.25, 0.3) is 0 Å². The van der Waals surface area contributed by atoms with Crippen molar-refractivity contribution in [3.8, 4) is 6.07 Å². The summed E-state index contributed by atoms with van der Waals surface area (Å²) in [5, 5.41) is 12.5. The Hall–Kier alpha value is -0.440. The highest BCUT2D eigenvalue weighted by atomic mass is 35.5. The van der Waals surface area contributed by atoms with E-state index in [1.165, 1.54) is 50.0 Å². The molecular weight excluding hydrogens is 330 g/mol. The molecule has 2 saturated heterocycles. The Kier molecular flexibility index (Phi) is 7.06. The van der Waals surface area contributed by atoms with Crippen molar-refractivity contribution < 1.29 is 4.79 Å². The smallest absolute Gasteiger partial charge is 0.237 e. The lowest BCUT2D eigenvalue weighted by molar-refractivity contribution is -0.130. The SMILES string of the molecule is Cl.N#C[C@@H]1CCCN1C(=O)CNC1CCC2(CCSCC2)CC1. The Labute approximate surface area is 150 Å². The van der Waals surface area contributed by atoms with Crippen LogP contribution in [0.3, 0.4) is 0 Å². The van der Waals surface area contributed by atoms with E-state index in [1.54, 1.807) is 4.90 Å². The van der Waals surface area contributed by atoms with Crippen LogP contribution in [-0.4, -0.2) is 47.5 Å².